The molecule has 0 bridgehead atoms. The SMILES string of the molecule is c1ccc(-c2nc3ccc(-c4ccccc4-c4c(-c5ccccc5-c5nc(-c6ccccc6)c6ccccc6n5)ccc5ccccc45)cc3o2)cc1. The zero-order valence-corrected chi connectivity index (χ0v) is 28.6. The number of benzene rings is 8. The van der Waals surface area contributed by atoms with Crippen LogP contribution in [-0.2, 0) is 0 Å². The second kappa shape index (κ2) is 12.9. The van der Waals surface area contributed by atoms with Gasteiger partial charge < -0.3 is 4.42 Å². The summed E-state index contributed by atoms with van der Waals surface area (Å²) in [5, 5.41) is 3.37. The molecule has 8 aromatic carbocycles. The Morgan fingerprint density at radius 2 is 1.00 bits per heavy atom. The molecule has 0 aliphatic heterocycles. The lowest BCUT2D eigenvalue weighted by Crippen LogP contribution is -1.98. The molecule has 4 heteroatoms. The summed E-state index contributed by atoms with van der Waals surface area (Å²) in [7, 11) is 0. The number of fused-ring (bicyclic) bond motifs is 3. The first kappa shape index (κ1) is 30.6. The van der Waals surface area contributed by atoms with Gasteiger partial charge in [-0.15, -0.1) is 0 Å². The van der Waals surface area contributed by atoms with E-state index in [1.54, 1.807) is 0 Å². The van der Waals surface area contributed by atoms with Crippen molar-refractivity contribution in [3.8, 4) is 67.5 Å². The summed E-state index contributed by atoms with van der Waals surface area (Å²) in [5.74, 6) is 1.31. The van der Waals surface area contributed by atoms with Crippen molar-refractivity contribution in [3.63, 3.8) is 0 Å². The van der Waals surface area contributed by atoms with Crippen LogP contribution in [0.3, 0.4) is 0 Å². The van der Waals surface area contributed by atoms with E-state index in [4.69, 9.17) is 19.4 Å². The van der Waals surface area contributed by atoms with Gasteiger partial charge in [-0.05, 0) is 74.5 Å². The van der Waals surface area contributed by atoms with Gasteiger partial charge in [-0.25, -0.2) is 15.0 Å². The van der Waals surface area contributed by atoms with Crippen LogP contribution in [0.4, 0.5) is 0 Å². The molecule has 0 unspecified atom stereocenters. The topological polar surface area (TPSA) is 51.8 Å². The van der Waals surface area contributed by atoms with Gasteiger partial charge in [-0.1, -0.05) is 158 Å². The van der Waals surface area contributed by atoms with Crippen molar-refractivity contribution in [1.29, 1.82) is 0 Å². The number of aromatic nitrogens is 3. The molecule has 0 atom stereocenters. The third-order valence-corrected chi connectivity index (χ3v) is 9.95. The number of hydrogen-bond donors (Lipinski definition) is 0. The molecule has 0 radical (unpaired) electrons. The summed E-state index contributed by atoms with van der Waals surface area (Å²) < 4.78 is 6.34. The molecule has 10 aromatic rings. The number of hydrogen-bond acceptors (Lipinski definition) is 4. The second-order valence-electron chi connectivity index (χ2n) is 13.1. The lowest BCUT2D eigenvalue weighted by atomic mass is 9.85. The molecule has 10 rings (SSSR count). The lowest BCUT2D eigenvalue weighted by Gasteiger charge is -2.19. The highest BCUT2D eigenvalue weighted by atomic mass is 16.3. The van der Waals surface area contributed by atoms with Crippen LogP contribution in [0, 0.1) is 0 Å². The molecule has 0 amide bonds. The Morgan fingerprint density at radius 3 is 1.81 bits per heavy atom. The Kier molecular flexibility index (Phi) is 7.43. The van der Waals surface area contributed by atoms with Gasteiger partial charge in [0, 0.05) is 22.1 Å². The van der Waals surface area contributed by atoms with E-state index in [0.717, 1.165) is 77.8 Å². The molecule has 248 valence electrons. The number of oxazole rings is 1. The highest BCUT2D eigenvalue weighted by Gasteiger charge is 2.21. The van der Waals surface area contributed by atoms with Gasteiger partial charge in [-0.3, -0.25) is 0 Å². The van der Waals surface area contributed by atoms with Crippen LogP contribution in [0.5, 0.6) is 0 Å². The smallest absolute Gasteiger partial charge is 0.227 e. The van der Waals surface area contributed by atoms with E-state index in [-0.39, 0.29) is 0 Å². The molecule has 0 N–H and O–H groups in total. The quantitative estimate of drug-likeness (QED) is 0.176. The minimum atomic E-state index is 0.616. The van der Waals surface area contributed by atoms with Crippen molar-refractivity contribution in [2.24, 2.45) is 0 Å². The van der Waals surface area contributed by atoms with Gasteiger partial charge in [0.05, 0.1) is 11.2 Å². The predicted molar refractivity (Wildman–Crippen MR) is 217 cm³/mol. The molecule has 0 fully saturated rings. The predicted octanol–water partition coefficient (Wildman–Crippen LogP) is 12.9. The average Bonchev–Trinajstić information content (AvgIpc) is 3.67. The maximum absolute atomic E-state index is 6.34. The molecule has 0 saturated carbocycles. The van der Waals surface area contributed by atoms with E-state index in [0.29, 0.717) is 11.7 Å². The fourth-order valence-electron chi connectivity index (χ4n) is 7.46. The molecule has 0 saturated heterocycles. The van der Waals surface area contributed by atoms with Crippen molar-refractivity contribution < 1.29 is 4.42 Å². The molecular weight excluding hydrogens is 647 g/mol. The van der Waals surface area contributed by atoms with Crippen LogP contribution in [0.1, 0.15) is 0 Å². The highest BCUT2D eigenvalue weighted by Crippen LogP contribution is 2.45. The van der Waals surface area contributed by atoms with Crippen LogP contribution < -0.4 is 0 Å². The van der Waals surface area contributed by atoms with Crippen molar-refractivity contribution in [2.75, 3.05) is 0 Å². The van der Waals surface area contributed by atoms with Crippen molar-refractivity contribution in [3.05, 3.63) is 188 Å². The Morgan fingerprint density at radius 1 is 0.358 bits per heavy atom. The number of para-hydroxylation sites is 1. The minimum Gasteiger partial charge on any atom is -0.436 e. The summed E-state index contributed by atoms with van der Waals surface area (Å²) in [6.45, 7) is 0. The first-order chi connectivity index (χ1) is 26.3. The molecule has 2 aromatic heterocycles. The first-order valence-electron chi connectivity index (χ1n) is 17.8. The summed E-state index contributed by atoms with van der Waals surface area (Å²) in [6, 6.07) is 65.2. The van der Waals surface area contributed by atoms with E-state index in [9.17, 15) is 0 Å². The zero-order chi connectivity index (χ0) is 35.1. The second-order valence-corrected chi connectivity index (χ2v) is 13.1. The van der Waals surface area contributed by atoms with E-state index in [2.05, 4.69) is 140 Å². The fourth-order valence-corrected chi connectivity index (χ4v) is 7.46. The van der Waals surface area contributed by atoms with Crippen LogP contribution in [0.25, 0.3) is 100 Å². The van der Waals surface area contributed by atoms with Gasteiger partial charge in [0.1, 0.15) is 5.52 Å². The largest absolute Gasteiger partial charge is 0.436 e. The Hall–Kier alpha value is -7.17. The third kappa shape index (κ3) is 5.45. The summed E-state index contributed by atoms with van der Waals surface area (Å²) in [5.41, 5.74) is 13.0. The Labute approximate surface area is 306 Å². The molecule has 2 heterocycles. The van der Waals surface area contributed by atoms with Crippen molar-refractivity contribution in [2.45, 2.75) is 0 Å². The molecule has 0 aliphatic carbocycles. The van der Waals surface area contributed by atoms with Crippen molar-refractivity contribution >= 4 is 32.8 Å². The molecule has 0 spiro atoms. The van der Waals surface area contributed by atoms with E-state index < -0.39 is 0 Å². The lowest BCUT2D eigenvalue weighted by molar-refractivity contribution is 0.620. The average molecular weight is 678 g/mol. The normalized spacial score (nSPS) is 11.4. The van der Waals surface area contributed by atoms with Gasteiger partial charge in [0.2, 0.25) is 5.89 Å². The van der Waals surface area contributed by atoms with Gasteiger partial charge >= 0.3 is 0 Å². The van der Waals surface area contributed by atoms with Crippen molar-refractivity contribution in [1.82, 2.24) is 15.0 Å². The van der Waals surface area contributed by atoms with Crippen LogP contribution in [0.15, 0.2) is 192 Å². The third-order valence-electron chi connectivity index (χ3n) is 9.95. The van der Waals surface area contributed by atoms with Crippen LogP contribution in [-0.4, -0.2) is 15.0 Å². The van der Waals surface area contributed by atoms with E-state index in [1.807, 2.05) is 48.5 Å². The molecule has 4 nitrogen and oxygen atoms in total. The maximum atomic E-state index is 6.34. The van der Waals surface area contributed by atoms with Crippen LogP contribution >= 0.6 is 0 Å². The zero-order valence-electron chi connectivity index (χ0n) is 28.6. The molecular formula is C49H31N3O. The minimum absolute atomic E-state index is 0.616. The summed E-state index contributed by atoms with van der Waals surface area (Å²) >= 11 is 0. The van der Waals surface area contributed by atoms with Gasteiger partial charge in [-0.2, -0.15) is 0 Å². The molecule has 0 aliphatic rings. The Balaban J connectivity index is 1.18. The number of nitrogens with zero attached hydrogens (tertiary/aromatic N) is 3. The van der Waals surface area contributed by atoms with E-state index >= 15 is 0 Å². The summed E-state index contributed by atoms with van der Waals surface area (Å²) in [4.78, 5) is 15.3. The van der Waals surface area contributed by atoms with Crippen LogP contribution in [0.2, 0.25) is 0 Å². The summed E-state index contributed by atoms with van der Waals surface area (Å²) in [6.07, 6.45) is 0. The maximum Gasteiger partial charge on any atom is 0.227 e. The van der Waals surface area contributed by atoms with E-state index in [1.165, 1.54) is 10.8 Å². The Bertz CT molecular complexity index is 2950. The highest BCUT2D eigenvalue weighted by molar-refractivity contribution is 6.09. The monoisotopic (exact) mass is 677 g/mol. The van der Waals surface area contributed by atoms with Gasteiger partial charge in [0.25, 0.3) is 0 Å². The van der Waals surface area contributed by atoms with Gasteiger partial charge in [0.15, 0.2) is 11.4 Å². The molecule has 53 heavy (non-hydrogen) atoms. The number of rotatable bonds is 6. The standard InChI is InChI=1S/C49H31N3O/c1-3-16-33(17-4-1)47-42-25-13-14-26-43(42)50-48(52-47)41-24-12-10-22-38(41)40-29-27-32-15-7-8-21-37(32)46(40)39-23-11-9-20-36(39)35-28-30-44-45(31-35)53-49(51-44)34-18-5-2-6-19-34/h1-31H. The fraction of sp³-hybridized carbons (Fsp3) is 0. The first-order valence-corrected chi connectivity index (χ1v) is 17.8.